The first kappa shape index (κ1) is 15.4. The van der Waals surface area contributed by atoms with E-state index in [4.69, 9.17) is 10.5 Å². The van der Waals surface area contributed by atoms with Crippen molar-refractivity contribution >= 4 is 5.91 Å². The molecule has 0 aromatic rings. The highest BCUT2D eigenvalue weighted by Crippen LogP contribution is 2.10. The summed E-state index contributed by atoms with van der Waals surface area (Å²) in [5.41, 5.74) is 5.27. The summed E-state index contributed by atoms with van der Waals surface area (Å²) in [7, 11) is 0. The van der Waals surface area contributed by atoms with Crippen molar-refractivity contribution in [1.29, 1.82) is 0 Å². The van der Waals surface area contributed by atoms with Gasteiger partial charge in [-0.05, 0) is 27.7 Å². The molecule has 5 nitrogen and oxygen atoms in total. The topological polar surface area (TPSA) is 58.8 Å². The van der Waals surface area contributed by atoms with Gasteiger partial charge >= 0.3 is 0 Å². The van der Waals surface area contributed by atoms with E-state index >= 15 is 0 Å². The average molecular weight is 257 g/mol. The maximum Gasteiger partial charge on any atom is 0.231 e. The molecule has 0 aromatic carbocycles. The monoisotopic (exact) mass is 257 g/mol. The Hall–Kier alpha value is -0.650. The average Bonchev–Trinajstić information content (AvgIpc) is 2.21. The van der Waals surface area contributed by atoms with Gasteiger partial charge in [0, 0.05) is 32.2 Å². The van der Waals surface area contributed by atoms with Crippen LogP contribution >= 0.6 is 0 Å². The minimum Gasteiger partial charge on any atom is -0.373 e. The molecule has 1 rings (SSSR count). The third kappa shape index (κ3) is 5.33. The van der Waals surface area contributed by atoms with Gasteiger partial charge in [-0.1, -0.05) is 0 Å². The predicted molar refractivity (Wildman–Crippen MR) is 72.4 cm³/mol. The number of hydrogen-bond acceptors (Lipinski definition) is 4. The molecule has 0 bridgehead atoms. The molecule has 1 aliphatic heterocycles. The minimum absolute atomic E-state index is 0.257. The van der Waals surface area contributed by atoms with Crippen LogP contribution < -0.4 is 5.73 Å². The van der Waals surface area contributed by atoms with Gasteiger partial charge < -0.3 is 10.5 Å². The number of carbonyl (C=O) groups is 1. The number of hydrogen-bond donors (Lipinski definition) is 1. The largest absolute Gasteiger partial charge is 0.373 e. The molecule has 0 radical (unpaired) electrons. The second kappa shape index (κ2) is 7.07. The third-order valence-corrected chi connectivity index (χ3v) is 3.29. The summed E-state index contributed by atoms with van der Waals surface area (Å²) in [6.45, 7) is 12.5. The molecule has 1 aliphatic rings. The molecule has 18 heavy (non-hydrogen) atoms. The first-order valence-electron chi connectivity index (χ1n) is 6.78. The van der Waals surface area contributed by atoms with E-state index in [1.165, 1.54) is 0 Å². The van der Waals surface area contributed by atoms with Crippen molar-refractivity contribution in [3.8, 4) is 0 Å². The highest BCUT2D eigenvalue weighted by molar-refractivity contribution is 5.75. The Labute approximate surface area is 110 Å². The molecule has 5 heteroatoms. The molecular weight excluding hydrogens is 230 g/mol. The standard InChI is InChI=1S/C13H27N3O2/c1-10(2)16(9-13(14)17)6-5-15-7-11(3)18-12(4)8-15/h10-12H,5-9H2,1-4H3,(H2,14,17)/t11-,12-/m0/s1. The maximum atomic E-state index is 11.0. The number of rotatable bonds is 6. The number of ether oxygens (including phenoxy) is 1. The van der Waals surface area contributed by atoms with Crippen LogP contribution in [-0.4, -0.2) is 66.7 Å². The van der Waals surface area contributed by atoms with E-state index in [-0.39, 0.29) is 18.1 Å². The molecule has 1 heterocycles. The lowest BCUT2D eigenvalue weighted by Gasteiger charge is -2.37. The van der Waals surface area contributed by atoms with Crippen molar-refractivity contribution in [2.24, 2.45) is 5.73 Å². The van der Waals surface area contributed by atoms with Gasteiger partial charge in [0.15, 0.2) is 0 Å². The van der Waals surface area contributed by atoms with Gasteiger partial charge in [-0.3, -0.25) is 14.6 Å². The fourth-order valence-corrected chi connectivity index (χ4v) is 2.46. The van der Waals surface area contributed by atoms with Crippen LogP contribution in [0.25, 0.3) is 0 Å². The molecule has 1 fully saturated rings. The lowest BCUT2D eigenvalue weighted by Crippen LogP contribution is -2.49. The van der Waals surface area contributed by atoms with E-state index < -0.39 is 0 Å². The maximum absolute atomic E-state index is 11.0. The molecule has 2 atom stereocenters. The SMILES string of the molecule is CC(C)N(CCN1C[C@H](C)O[C@@H](C)C1)CC(N)=O. The Morgan fingerprint density at radius 2 is 1.94 bits per heavy atom. The Balaban J connectivity index is 2.39. The van der Waals surface area contributed by atoms with E-state index in [0.29, 0.717) is 12.6 Å². The third-order valence-electron chi connectivity index (χ3n) is 3.29. The summed E-state index contributed by atoms with van der Waals surface area (Å²) in [6.07, 6.45) is 0.579. The number of carbonyl (C=O) groups excluding carboxylic acids is 1. The van der Waals surface area contributed by atoms with Crippen molar-refractivity contribution in [3.05, 3.63) is 0 Å². The fourth-order valence-electron chi connectivity index (χ4n) is 2.46. The minimum atomic E-state index is -0.257. The number of nitrogens with two attached hydrogens (primary N) is 1. The number of amides is 1. The van der Waals surface area contributed by atoms with E-state index in [0.717, 1.165) is 26.2 Å². The lowest BCUT2D eigenvalue weighted by atomic mass is 10.2. The van der Waals surface area contributed by atoms with Crippen molar-refractivity contribution in [1.82, 2.24) is 9.80 Å². The Morgan fingerprint density at radius 3 is 2.39 bits per heavy atom. The molecule has 0 aromatic heterocycles. The quantitative estimate of drug-likeness (QED) is 0.743. The first-order chi connectivity index (χ1) is 8.38. The van der Waals surface area contributed by atoms with Gasteiger partial charge in [0.1, 0.15) is 0 Å². The van der Waals surface area contributed by atoms with Crippen LogP contribution in [0.4, 0.5) is 0 Å². The Kier molecular flexibility index (Phi) is 6.05. The molecule has 1 saturated heterocycles. The molecular formula is C13H27N3O2. The predicted octanol–water partition coefficient (Wildman–Crippen LogP) is 0.291. The smallest absolute Gasteiger partial charge is 0.231 e. The van der Waals surface area contributed by atoms with Crippen LogP contribution in [0.2, 0.25) is 0 Å². The van der Waals surface area contributed by atoms with Crippen molar-refractivity contribution in [2.75, 3.05) is 32.7 Å². The van der Waals surface area contributed by atoms with Gasteiger partial charge in [0.05, 0.1) is 18.8 Å². The molecule has 1 amide bonds. The van der Waals surface area contributed by atoms with E-state index in [2.05, 4.69) is 37.5 Å². The van der Waals surface area contributed by atoms with Crippen LogP contribution in [0.15, 0.2) is 0 Å². The van der Waals surface area contributed by atoms with Crippen LogP contribution in [0, 0.1) is 0 Å². The van der Waals surface area contributed by atoms with Gasteiger partial charge in [-0.15, -0.1) is 0 Å². The normalized spacial score (nSPS) is 25.9. The molecule has 0 aliphatic carbocycles. The summed E-state index contributed by atoms with van der Waals surface area (Å²) in [5.74, 6) is -0.257. The fraction of sp³-hybridized carbons (Fsp3) is 0.923. The van der Waals surface area contributed by atoms with Gasteiger partial charge in [0.25, 0.3) is 0 Å². The van der Waals surface area contributed by atoms with E-state index in [9.17, 15) is 4.79 Å². The number of primary amides is 1. The summed E-state index contributed by atoms with van der Waals surface area (Å²) in [4.78, 5) is 15.5. The van der Waals surface area contributed by atoms with Gasteiger partial charge in [-0.25, -0.2) is 0 Å². The summed E-state index contributed by atoms with van der Waals surface area (Å²) >= 11 is 0. The summed E-state index contributed by atoms with van der Waals surface area (Å²) in [6, 6.07) is 0.341. The molecule has 2 N–H and O–H groups in total. The molecule has 0 spiro atoms. The second-order valence-electron chi connectivity index (χ2n) is 5.55. The van der Waals surface area contributed by atoms with E-state index in [1.54, 1.807) is 0 Å². The van der Waals surface area contributed by atoms with Crippen LogP contribution in [0.5, 0.6) is 0 Å². The first-order valence-corrected chi connectivity index (χ1v) is 6.78. The van der Waals surface area contributed by atoms with E-state index in [1.807, 2.05) is 0 Å². The van der Waals surface area contributed by atoms with Crippen molar-refractivity contribution in [3.63, 3.8) is 0 Å². The Bertz CT molecular complexity index is 261. The Morgan fingerprint density at radius 1 is 1.39 bits per heavy atom. The highest BCUT2D eigenvalue weighted by atomic mass is 16.5. The second-order valence-corrected chi connectivity index (χ2v) is 5.55. The van der Waals surface area contributed by atoms with Crippen molar-refractivity contribution in [2.45, 2.75) is 45.9 Å². The van der Waals surface area contributed by atoms with Crippen LogP contribution in [0.3, 0.4) is 0 Å². The zero-order valence-corrected chi connectivity index (χ0v) is 12.1. The zero-order chi connectivity index (χ0) is 13.7. The molecule has 0 unspecified atom stereocenters. The van der Waals surface area contributed by atoms with Gasteiger partial charge in [-0.2, -0.15) is 0 Å². The number of morpholine rings is 1. The highest BCUT2D eigenvalue weighted by Gasteiger charge is 2.22. The zero-order valence-electron chi connectivity index (χ0n) is 12.1. The summed E-state index contributed by atoms with van der Waals surface area (Å²) < 4.78 is 5.71. The van der Waals surface area contributed by atoms with Gasteiger partial charge in [0.2, 0.25) is 5.91 Å². The van der Waals surface area contributed by atoms with Crippen LogP contribution in [0.1, 0.15) is 27.7 Å². The van der Waals surface area contributed by atoms with Crippen molar-refractivity contribution < 1.29 is 9.53 Å². The summed E-state index contributed by atoms with van der Waals surface area (Å²) in [5, 5.41) is 0. The number of nitrogens with zero attached hydrogens (tertiary/aromatic N) is 2. The van der Waals surface area contributed by atoms with Crippen LogP contribution in [-0.2, 0) is 9.53 Å². The molecule has 106 valence electrons. The lowest BCUT2D eigenvalue weighted by molar-refractivity contribution is -0.119. The molecule has 0 saturated carbocycles.